The molecule has 152 valence electrons. The maximum Gasteiger partial charge on any atom is 0.228 e. The average Bonchev–Trinajstić information content (AvgIpc) is 3.37. The van der Waals surface area contributed by atoms with E-state index < -0.39 is 0 Å². The van der Waals surface area contributed by atoms with Crippen molar-refractivity contribution < 1.29 is 14.0 Å². The molecule has 9 heteroatoms. The second kappa shape index (κ2) is 10.4. The Kier molecular flexibility index (Phi) is 7.64. The quantitative estimate of drug-likeness (QED) is 0.512. The summed E-state index contributed by atoms with van der Waals surface area (Å²) < 4.78 is 16.5. The summed E-state index contributed by atoms with van der Waals surface area (Å²) in [5.41, 5.74) is 0.828. The Bertz CT molecular complexity index is 776. The fourth-order valence-corrected chi connectivity index (χ4v) is 2.97. The normalized spacial score (nSPS) is 18.2. The highest BCUT2D eigenvalue weighted by molar-refractivity contribution is 6.30. The topological polar surface area (TPSA) is 93.8 Å². The molecule has 8 nitrogen and oxygen atoms in total. The van der Waals surface area contributed by atoms with Crippen LogP contribution in [0.4, 0.5) is 0 Å². The van der Waals surface area contributed by atoms with Crippen molar-refractivity contribution in [2.75, 3.05) is 33.4 Å². The van der Waals surface area contributed by atoms with Gasteiger partial charge in [0.15, 0.2) is 5.96 Å². The Balaban J connectivity index is 1.40. The highest BCUT2D eigenvalue weighted by Crippen LogP contribution is 2.19. The molecule has 1 aliphatic rings. The smallest absolute Gasteiger partial charge is 0.228 e. The zero-order valence-electron chi connectivity index (χ0n) is 16.2. The summed E-state index contributed by atoms with van der Waals surface area (Å²) in [5, 5.41) is 11.2. The minimum atomic E-state index is 0.129. The lowest BCUT2D eigenvalue weighted by Gasteiger charge is -2.19. The van der Waals surface area contributed by atoms with Crippen LogP contribution in [0.3, 0.4) is 0 Å². The van der Waals surface area contributed by atoms with Gasteiger partial charge >= 0.3 is 0 Å². The van der Waals surface area contributed by atoms with E-state index in [9.17, 15) is 0 Å². The van der Waals surface area contributed by atoms with Gasteiger partial charge in [0.1, 0.15) is 0 Å². The van der Waals surface area contributed by atoms with E-state index in [0.29, 0.717) is 48.9 Å². The van der Waals surface area contributed by atoms with Crippen molar-refractivity contribution in [1.29, 1.82) is 0 Å². The molecule has 0 radical (unpaired) electrons. The number of guanidine groups is 1. The van der Waals surface area contributed by atoms with Gasteiger partial charge in [-0.1, -0.05) is 28.9 Å². The van der Waals surface area contributed by atoms with E-state index in [-0.39, 0.29) is 12.1 Å². The molecule has 2 N–H and O–H groups in total. The molecule has 1 saturated heterocycles. The molecular formula is C19H26ClN5O3. The van der Waals surface area contributed by atoms with Crippen LogP contribution in [0.15, 0.2) is 33.8 Å². The van der Waals surface area contributed by atoms with E-state index in [4.69, 9.17) is 25.6 Å². The number of aromatic nitrogens is 2. The third-order valence-electron chi connectivity index (χ3n) is 4.26. The largest absolute Gasteiger partial charge is 0.379 e. The van der Waals surface area contributed by atoms with Crippen molar-refractivity contribution in [3.05, 3.63) is 35.2 Å². The van der Waals surface area contributed by atoms with Crippen molar-refractivity contribution in [2.45, 2.75) is 31.9 Å². The van der Waals surface area contributed by atoms with Gasteiger partial charge in [0, 0.05) is 43.2 Å². The van der Waals surface area contributed by atoms with Gasteiger partial charge in [-0.25, -0.2) is 0 Å². The zero-order chi connectivity index (χ0) is 19.8. The molecule has 0 saturated carbocycles. The van der Waals surface area contributed by atoms with Crippen LogP contribution in [-0.2, 0) is 15.9 Å². The van der Waals surface area contributed by atoms with Crippen LogP contribution >= 0.6 is 11.6 Å². The van der Waals surface area contributed by atoms with Crippen LogP contribution < -0.4 is 10.6 Å². The van der Waals surface area contributed by atoms with Gasteiger partial charge in [0.05, 0.1) is 19.3 Å². The van der Waals surface area contributed by atoms with Gasteiger partial charge in [-0.3, -0.25) is 4.99 Å². The third-order valence-corrected chi connectivity index (χ3v) is 4.49. The second-order valence-corrected chi connectivity index (χ2v) is 7.07. The molecule has 0 spiro atoms. The predicted molar refractivity (Wildman–Crippen MR) is 108 cm³/mol. The van der Waals surface area contributed by atoms with Crippen molar-refractivity contribution >= 4 is 17.6 Å². The molecule has 2 heterocycles. The number of hydrogen-bond donors (Lipinski definition) is 2. The number of nitrogens with zero attached hydrogens (tertiary/aromatic N) is 3. The zero-order valence-corrected chi connectivity index (χ0v) is 16.9. The van der Waals surface area contributed by atoms with Crippen molar-refractivity contribution in [3.8, 4) is 11.4 Å². The number of benzene rings is 1. The molecule has 2 atom stereocenters. The van der Waals surface area contributed by atoms with E-state index in [1.807, 2.05) is 18.2 Å². The molecule has 1 aliphatic heterocycles. The summed E-state index contributed by atoms with van der Waals surface area (Å²) in [4.78, 5) is 8.64. The maximum atomic E-state index is 6.01. The SMILES string of the molecule is CN=C(NCCc1nc(-c2cccc(Cl)c2)no1)NC(C)COC1CCOC1. The number of aliphatic imine (C=N–C) groups is 1. The van der Waals surface area contributed by atoms with Gasteiger partial charge in [-0.15, -0.1) is 0 Å². The first-order valence-corrected chi connectivity index (χ1v) is 9.77. The first kappa shape index (κ1) is 20.6. The third kappa shape index (κ3) is 6.19. The van der Waals surface area contributed by atoms with Crippen LogP contribution in [0.1, 0.15) is 19.2 Å². The summed E-state index contributed by atoms with van der Waals surface area (Å²) in [5.74, 6) is 1.78. The molecule has 0 bridgehead atoms. The Morgan fingerprint density at radius 2 is 2.36 bits per heavy atom. The highest BCUT2D eigenvalue weighted by atomic mass is 35.5. The van der Waals surface area contributed by atoms with Crippen LogP contribution in [0.5, 0.6) is 0 Å². The van der Waals surface area contributed by atoms with E-state index >= 15 is 0 Å². The molecule has 2 unspecified atom stereocenters. The summed E-state index contributed by atoms with van der Waals surface area (Å²) in [6.45, 7) is 4.73. The number of rotatable bonds is 8. The Labute approximate surface area is 169 Å². The first-order chi connectivity index (χ1) is 13.6. The van der Waals surface area contributed by atoms with Crippen molar-refractivity contribution in [2.24, 2.45) is 4.99 Å². The fourth-order valence-electron chi connectivity index (χ4n) is 2.78. The second-order valence-electron chi connectivity index (χ2n) is 6.64. The summed E-state index contributed by atoms with van der Waals surface area (Å²) in [7, 11) is 1.73. The maximum absolute atomic E-state index is 6.01. The van der Waals surface area contributed by atoms with Crippen LogP contribution in [0.25, 0.3) is 11.4 Å². The summed E-state index contributed by atoms with van der Waals surface area (Å²) >= 11 is 6.01. The van der Waals surface area contributed by atoms with Gasteiger partial charge in [-0.05, 0) is 25.5 Å². The summed E-state index contributed by atoms with van der Waals surface area (Å²) in [6.07, 6.45) is 1.74. The van der Waals surface area contributed by atoms with Crippen LogP contribution in [-0.4, -0.2) is 61.7 Å². The van der Waals surface area contributed by atoms with Gasteiger partial charge in [0.25, 0.3) is 0 Å². The standard InChI is InChI=1S/C19H26ClN5O3/c1-13(11-27-16-7-9-26-12-16)23-19(21-2)22-8-6-17-24-18(25-28-17)14-4-3-5-15(20)10-14/h3-5,10,13,16H,6-9,11-12H2,1-2H3,(H2,21,22,23). The lowest BCUT2D eigenvalue weighted by atomic mass is 10.2. The number of halogens is 1. The Morgan fingerprint density at radius 3 is 3.11 bits per heavy atom. The molecule has 1 aromatic carbocycles. The van der Waals surface area contributed by atoms with Gasteiger partial charge in [-0.2, -0.15) is 4.98 Å². The van der Waals surface area contributed by atoms with Gasteiger partial charge < -0.3 is 24.6 Å². The number of ether oxygens (including phenoxy) is 2. The summed E-state index contributed by atoms with van der Waals surface area (Å²) in [6, 6.07) is 7.50. The first-order valence-electron chi connectivity index (χ1n) is 9.39. The minimum Gasteiger partial charge on any atom is -0.379 e. The Morgan fingerprint density at radius 1 is 1.46 bits per heavy atom. The molecule has 1 aromatic heterocycles. The molecule has 0 amide bonds. The Hall–Kier alpha value is -2.16. The van der Waals surface area contributed by atoms with E-state index in [1.165, 1.54) is 0 Å². The van der Waals surface area contributed by atoms with Crippen molar-refractivity contribution in [3.63, 3.8) is 0 Å². The van der Waals surface area contributed by atoms with Gasteiger partial charge in [0.2, 0.25) is 11.7 Å². The highest BCUT2D eigenvalue weighted by Gasteiger charge is 2.17. The minimum absolute atomic E-state index is 0.129. The number of hydrogen-bond acceptors (Lipinski definition) is 6. The fraction of sp³-hybridized carbons (Fsp3) is 0.526. The van der Waals surface area contributed by atoms with Crippen LogP contribution in [0.2, 0.25) is 5.02 Å². The molecule has 28 heavy (non-hydrogen) atoms. The molecular weight excluding hydrogens is 382 g/mol. The van der Waals surface area contributed by atoms with E-state index in [1.54, 1.807) is 13.1 Å². The molecule has 0 aliphatic carbocycles. The average molecular weight is 408 g/mol. The van der Waals surface area contributed by atoms with Crippen molar-refractivity contribution in [1.82, 2.24) is 20.8 Å². The van der Waals surface area contributed by atoms with E-state index in [2.05, 4.69) is 32.7 Å². The lowest BCUT2D eigenvalue weighted by Crippen LogP contribution is -2.45. The number of nitrogens with one attached hydrogen (secondary N) is 2. The molecule has 1 fully saturated rings. The predicted octanol–water partition coefficient (Wildman–Crippen LogP) is 2.29. The molecule has 3 rings (SSSR count). The van der Waals surface area contributed by atoms with Crippen LogP contribution in [0, 0.1) is 0 Å². The lowest BCUT2D eigenvalue weighted by molar-refractivity contribution is 0.0347. The molecule has 2 aromatic rings. The van der Waals surface area contributed by atoms with E-state index in [0.717, 1.165) is 18.6 Å². The monoisotopic (exact) mass is 407 g/mol.